The van der Waals surface area contributed by atoms with Gasteiger partial charge in [-0.05, 0) is 30.5 Å². The van der Waals surface area contributed by atoms with E-state index in [0.29, 0.717) is 23.0 Å². The lowest BCUT2D eigenvalue weighted by Gasteiger charge is -2.31. The maximum Gasteiger partial charge on any atom is 0.305 e. The van der Waals surface area contributed by atoms with Crippen LogP contribution >= 0.6 is 23.5 Å². The van der Waals surface area contributed by atoms with Crippen LogP contribution in [0.2, 0.25) is 0 Å². The van der Waals surface area contributed by atoms with Crippen LogP contribution in [0, 0.1) is 0 Å². The van der Waals surface area contributed by atoms with E-state index in [1.165, 1.54) is 17.1 Å². The Morgan fingerprint density at radius 3 is 2.22 bits per heavy atom. The summed E-state index contributed by atoms with van der Waals surface area (Å²) in [4.78, 5) is 23.6. The summed E-state index contributed by atoms with van der Waals surface area (Å²) in [6.07, 6.45) is 1.13. The summed E-state index contributed by atoms with van der Waals surface area (Å²) in [5, 5.41) is 12.0. The van der Waals surface area contributed by atoms with Gasteiger partial charge in [0.25, 0.3) is 5.91 Å². The number of carboxylic acids is 1. The van der Waals surface area contributed by atoms with Crippen molar-refractivity contribution in [2.75, 3.05) is 11.5 Å². The van der Waals surface area contributed by atoms with Crippen molar-refractivity contribution in [1.82, 2.24) is 5.32 Å². The van der Waals surface area contributed by atoms with Gasteiger partial charge in [0, 0.05) is 17.1 Å². The molecule has 0 atom stereocenters. The lowest BCUT2D eigenvalue weighted by molar-refractivity contribution is -0.138. The van der Waals surface area contributed by atoms with Gasteiger partial charge < -0.3 is 10.4 Å². The zero-order valence-corrected chi connectivity index (χ0v) is 15.1. The molecule has 0 unspecified atom stereocenters. The topological polar surface area (TPSA) is 66.4 Å². The van der Waals surface area contributed by atoms with Gasteiger partial charge in [-0.1, -0.05) is 26.0 Å². The molecule has 126 valence electrons. The monoisotopic (exact) mass is 353 g/mol. The minimum absolute atomic E-state index is 0.0564. The highest BCUT2D eigenvalue weighted by atomic mass is 32.2. The third kappa shape index (κ3) is 4.67. The molecule has 1 aliphatic rings. The third-order valence-electron chi connectivity index (χ3n) is 4.29. The van der Waals surface area contributed by atoms with Gasteiger partial charge >= 0.3 is 5.97 Å². The molecule has 1 fully saturated rings. The van der Waals surface area contributed by atoms with E-state index < -0.39 is 11.5 Å². The molecule has 1 aliphatic heterocycles. The number of carboxylic acid groups (broad SMARTS) is 1. The summed E-state index contributed by atoms with van der Waals surface area (Å²) >= 11 is 3.86. The Labute approximate surface area is 145 Å². The standard InChI is InChI=1S/C17H23NO3S2/c1-3-17(4-2,11-14(19)20)18-15(21)12-5-7-13(8-6-12)16-22-9-10-23-16/h5-8,16H,3-4,9-11H2,1-2H3,(H,18,21)(H,19,20). The number of carbonyl (C=O) groups is 2. The minimum Gasteiger partial charge on any atom is -0.481 e. The van der Waals surface area contributed by atoms with Crippen molar-refractivity contribution in [1.29, 1.82) is 0 Å². The van der Waals surface area contributed by atoms with Crippen molar-refractivity contribution >= 4 is 35.4 Å². The molecule has 0 bridgehead atoms. The second kappa shape index (κ2) is 8.11. The zero-order chi connectivity index (χ0) is 16.9. The molecule has 6 heteroatoms. The fraction of sp³-hybridized carbons (Fsp3) is 0.529. The Balaban J connectivity index is 2.08. The van der Waals surface area contributed by atoms with Crippen LogP contribution in [0.1, 0.15) is 53.6 Å². The zero-order valence-electron chi connectivity index (χ0n) is 13.5. The first-order valence-electron chi connectivity index (χ1n) is 7.87. The average Bonchev–Trinajstić information content (AvgIpc) is 3.08. The average molecular weight is 354 g/mol. The first-order valence-corrected chi connectivity index (χ1v) is 9.97. The van der Waals surface area contributed by atoms with Gasteiger partial charge in [0.15, 0.2) is 0 Å². The molecular formula is C17H23NO3S2. The van der Waals surface area contributed by atoms with Gasteiger partial charge in [-0.25, -0.2) is 0 Å². The van der Waals surface area contributed by atoms with Crippen LogP contribution in [-0.4, -0.2) is 34.0 Å². The Morgan fingerprint density at radius 1 is 1.17 bits per heavy atom. The molecule has 23 heavy (non-hydrogen) atoms. The highest BCUT2D eigenvalue weighted by Crippen LogP contribution is 2.45. The normalized spacial score (nSPS) is 15.6. The number of nitrogens with one attached hydrogen (secondary N) is 1. The molecule has 1 saturated heterocycles. The van der Waals surface area contributed by atoms with E-state index in [1.807, 2.05) is 61.6 Å². The molecule has 0 spiro atoms. The van der Waals surface area contributed by atoms with Gasteiger partial charge in [0.1, 0.15) is 0 Å². The molecule has 0 saturated carbocycles. The number of thioether (sulfide) groups is 2. The number of aliphatic carboxylic acids is 1. The van der Waals surface area contributed by atoms with E-state index in [-0.39, 0.29) is 12.3 Å². The van der Waals surface area contributed by atoms with E-state index >= 15 is 0 Å². The number of amides is 1. The first kappa shape index (κ1) is 18.2. The summed E-state index contributed by atoms with van der Waals surface area (Å²) in [5.74, 6) is 1.25. The van der Waals surface area contributed by atoms with Gasteiger partial charge in [0.2, 0.25) is 0 Å². The molecule has 0 radical (unpaired) electrons. The number of benzene rings is 1. The summed E-state index contributed by atoms with van der Waals surface area (Å²) in [5.41, 5.74) is 1.13. The minimum atomic E-state index is -0.889. The first-order chi connectivity index (χ1) is 11.0. The highest BCUT2D eigenvalue weighted by molar-refractivity contribution is 8.19. The number of rotatable bonds is 7. The van der Waals surface area contributed by atoms with Crippen LogP contribution in [0.4, 0.5) is 0 Å². The predicted molar refractivity (Wildman–Crippen MR) is 97.1 cm³/mol. The third-order valence-corrected chi connectivity index (χ3v) is 7.39. The van der Waals surface area contributed by atoms with Gasteiger partial charge in [-0.3, -0.25) is 9.59 Å². The SMILES string of the molecule is CCC(CC)(CC(=O)O)NC(=O)c1ccc(C2SCCS2)cc1. The van der Waals surface area contributed by atoms with Crippen molar-refractivity contribution in [2.45, 2.75) is 43.2 Å². The number of carbonyl (C=O) groups excluding carboxylic acids is 1. The molecular weight excluding hydrogens is 330 g/mol. The van der Waals surface area contributed by atoms with E-state index in [0.717, 1.165) is 0 Å². The number of hydrogen-bond acceptors (Lipinski definition) is 4. The van der Waals surface area contributed by atoms with Crippen molar-refractivity contribution in [3.63, 3.8) is 0 Å². The van der Waals surface area contributed by atoms with Crippen LogP contribution in [-0.2, 0) is 4.79 Å². The van der Waals surface area contributed by atoms with Crippen LogP contribution in [0.15, 0.2) is 24.3 Å². The van der Waals surface area contributed by atoms with Crippen molar-refractivity contribution in [3.8, 4) is 0 Å². The van der Waals surface area contributed by atoms with E-state index in [1.54, 1.807) is 0 Å². The van der Waals surface area contributed by atoms with Crippen LogP contribution in [0.5, 0.6) is 0 Å². The summed E-state index contributed by atoms with van der Waals surface area (Å²) in [7, 11) is 0. The van der Waals surface area contributed by atoms with E-state index in [9.17, 15) is 9.59 Å². The Hall–Kier alpha value is -1.14. The highest BCUT2D eigenvalue weighted by Gasteiger charge is 2.31. The number of hydrogen-bond donors (Lipinski definition) is 2. The predicted octanol–water partition coefficient (Wildman–Crippen LogP) is 3.93. The summed E-state index contributed by atoms with van der Waals surface area (Å²) in [6.45, 7) is 3.81. The molecule has 0 aromatic heterocycles. The Bertz CT molecular complexity index is 549. The van der Waals surface area contributed by atoms with Crippen molar-refractivity contribution in [3.05, 3.63) is 35.4 Å². The van der Waals surface area contributed by atoms with Crippen molar-refractivity contribution in [2.24, 2.45) is 0 Å². The lowest BCUT2D eigenvalue weighted by atomic mass is 9.88. The van der Waals surface area contributed by atoms with E-state index in [4.69, 9.17) is 5.11 Å². The molecule has 2 N–H and O–H groups in total. The van der Waals surface area contributed by atoms with Crippen LogP contribution < -0.4 is 5.32 Å². The van der Waals surface area contributed by atoms with Gasteiger partial charge in [0.05, 0.1) is 16.5 Å². The maximum absolute atomic E-state index is 12.5. The van der Waals surface area contributed by atoms with Gasteiger partial charge in [-0.15, -0.1) is 23.5 Å². The Morgan fingerprint density at radius 2 is 1.74 bits per heavy atom. The quantitative estimate of drug-likeness (QED) is 0.777. The molecule has 0 aliphatic carbocycles. The largest absolute Gasteiger partial charge is 0.481 e. The molecule has 1 amide bonds. The second-order valence-corrected chi connectivity index (χ2v) is 8.43. The molecule has 1 aromatic rings. The van der Waals surface area contributed by atoms with E-state index in [2.05, 4.69) is 5.32 Å². The van der Waals surface area contributed by atoms with Crippen LogP contribution in [0.25, 0.3) is 0 Å². The van der Waals surface area contributed by atoms with Crippen molar-refractivity contribution < 1.29 is 14.7 Å². The fourth-order valence-electron chi connectivity index (χ4n) is 2.67. The van der Waals surface area contributed by atoms with Gasteiger partial charge in [-0.2, -0.15) is 0 Å². The Kier molecular flexibility index (Phi) is 6.41. The van der Waals surface area contributed by atoms with Crippen LogP contribution in [0.3, 0.4) is 0 Å². The smallest absolute Gasteiger partial charge is 0.305 e. The summed E-state index contributed by atoms with van der Waals surface area (Å²) < 4.78 is 0.462. The summed E-state index contributed by atoms with van der Waals surface area (Å²) in [6, 6.07) is 7.67. The molecule has 2 rings (SSSR count). The molecule has 1 aromatic carbocycles. The lowest BCUT2D eigenvalue weighted by Crippen LogP contribution is -2.49. The second-order valence-electron chi connectivity index (χ2n) is 5.71. The molecule has 1 heterocycles. The molecule has 4 nitrogen and oxygen atoms in total. The fourth-order valence-corrected chi connectivity index (χ4v) is 5.53. The maximum atomic E-state index is 12.5.